The first-order valence-electron chi connectivity index (χ1n) is 7.00. The average molecular weight is 300 g/mol. The van der Waals surface area contributed by atoms with Crippen LogP contribution in [0.15, 0.2) is 24.3 Å². The Morgan fingerprint density at radius 2 is 2.14 bits per heavy atom. The van der Waals surface area contributed by atoms with Gasteiger partial charge >= 0.3 is 6.18 Å². The van der Waals surface area contributed by atoms with Crippen molar-refractivity contribution < 1.29 is 18.0 Å². The Morgan fingerprint density at radius 3 is 2.81 bits per heavy atom. The minimum absolute atomic E-state index is 0.0312. The van der Waals surface area contributed by atoms with E-state index >= 15 is 0 Å². The van der Waals surface area contributed by atoms with Gasteiger partial charge in [-0.25, -0.2) is 0 Å². The summed E-state index contributed by atoms with van der Waals surface area (Å²) in [6.45, 7) is 2.74. The molecule has 3 nitrogen and oxygen atoms in total. The van der Waals surface area contributed by atoms with Gasteiger partial charge in [0.1, 0.15) is 0 Å². The molecule has 1 saturated heterocycles. The van der Waals surface area contributed by atoms with Crippen molar-refractivity contribution in [1.82, 2.24) is 4.90 Å². The van der Waals surface area contributed by atoms with E-state index in [0.29, 0.717) is 12.1 Å². The van der Waals surface area contributed by atoms with Crippen LogP contribution in [0.1, 0.15) is 36.9 Å². The number of piperidine rings is 1. The van der Waals surface area contributed by atoms with Gasteiger partial charge in [-0.05, 0) is 30.5 Å². The van der Waals surface area contributed by atoms with Gasteiger partial charge in [0.25, 0.3) is 0 Å². The molecule has 6 heteroatoms. The Hall–Kier alpha value is -1.56. The topological polar surface area (TPSA) is 46.3 Å². The second-order valence-electron chi connectivity index (χ2n) is 5.56. The molecule has 2 atom stereocenters. The van der Waals surface area contributed by atoms with Gasteiger partial charge in [-0.3, -0.25) is 4.79 Å². The van der Waals surface area contributed by atoms with E-state index in [2.05, 4.69) is 0 Å². The molecule has 1 aromatic carbocycles. The van der Waals surface area contributed by atoms with Gasteiger partial charge in [0, 0.05) is 25.0 Å². The van der Waals surface area contributed by atoms with E-state index in [4.69, 9.17) is 5.73 Å². The molecule has 0 spiro atoms. The van der Waals surface area contributed by atoms with Gasteiger partial charge in [-0.2, -0.15) is 13.2 Å². The minimum atomic E-state index is -4.38. The largest absolute Gasteiger partial charge is 0.416 e. The molecule has 116 valence electrons. The van der Waals surface area contributed by atoms with Crippen molar-refractivity contribution in [2.24, 2.45) is 11.7 Å². The standard InChI is InChI=1S/C15H19F3N2O/c1-10-4-3-7-20(14(10)21)9-13(19)11-5-2-6-12(8-11)15(16,17)18/h2,5-6,8,10,13H,3-4,7,9,19H2,1H3. The van der Waals surface area contributed by atoms with E-state index in [1.54, 1.807) is 11.0 Å². The van der Waals surface area contributed by atoms with Crippen LogP contribution in [0.4, 0.5) is 13.2 Å². The van der Waals surface area contributed by atoms with Gasteiger partial charge in [0.05, 0.1) is 5.56 Å². The monoisotopic (exact) mass is 300 g/mol. The van der Waals surface area contributed by atoms with Crippen molar-refractivity contribution in [3.8, 4) is 0 Å². The highest BCUT2D eigenvalue weighted by molar-refractivity contribution is 5.79. The first-order valence-corrected chi connectivity index (χ1v) is 7.00. The van der Waals surface area contributed by atoms with E-state index in [-0.39, 0.29) is 18.4 Å². The average Bonchev–Trinajstić information content (AvgIpc) is 2.43. The SMILES string of the molecule is CC1CCCN(CC(N)c2cccc(C(F)(F)F)c2)C1=O. The molecular weight excluding hydrogens is 281 g/mol. The van der Waals surface area contributed by atoms with Crippen molar-refractivity contribution in [2.75, 3.05) is 13.1 Å². The highest BCUT2D eigenvalue weighted by Crippen LogP contribution is 2.30. The van der Waals surface area contributed by atoms with Crippen LogP contribution in [0.3, 0.4) is 0 Å². The maximum atomic E-state index is 12.7. The summed E-state index contributed by atoms with van der Waals surface area (Å²) in [5.41, 5.74) is 5.67. The van der Waals surface area contributed by atoms with Gasteiger partial charge in [-0.1, -0.05) is 19.1 Å². The van der Waals surface area contributed by atoms with Crippen LogP contribution in [0, 0.1) is 5.92 Å². The number of benzene rings is 1. The molecule has 21 heavy (non-hydrogen) atoms. The number of hydrogen-bond acceptors (Lipinski definition) is 2. The van der Waals surface area contributed by atoms with Crippen LogP contribution in [0.25, 0.3) is 0 Å². The number of alkyl halides is 3. The third-order valence-electron chi connectivity index (χ3n) is 3.86. The second-order valence-corrected chi connectivity index (χ2v) is 5.56. The molecule has 2 rings (SSSR count). The normalized spacial score (nSPS) is 21.5. The Balaban J connectivity index is 2.10. The predicted molar refractivity (Wildman–Crippen MR) is 73.4 cm³/mol. The highest BCUT2D eigenvalue weighted by atomic mass is 19.4. The molecule has 1 aromatic rings. The third-order valence-corrected chi connectivity index (χ3v) is 3.86. The first-order chi connectivity index (χ1) is 9.79. The van der Waals surface area contributed by atoms with Crippen molar-refractivity contribution in [1.29, 1.82) is 0 Å². The zero-order chi connectivity index (χ0) is 15.6. The van der Waals surface area contributed by atoms with Crippen LogP contribution < -0.4 is 5.73 Å². The fourth-order valence-corrected chi connectivity index (χ4v) is 2.60. The van der Waals surface area contributed by atoms with Gasteiger partial charge in [0.2, 0.25) is 5.91 Å². The smallest absolute Gasteiger partial charge is 0.341 e. The fourth-order valence-electron chi connectivity index (χ4n) is 2.60. The van der Waals surface area contributed by atoms with Crippen LogP contribution >= 0.6 is 0 Å². The van der Waals surface area contributed by atoms with Crippen molar-refractivity contribution in [3.05, 3.63) is 35.4 Å². The number of carbonyl (C=O) groups excluding carboxylic acids is 1. The number of nitrogens with zero attached hydrogens (tertiary/aromatic N) is 1. The fraction of sp³-hybridized carbons (Fsp3) is 0.533. The number of hydrogen-bond donors (Lipinski definition) is 1. The lowest BCUT2D eigenvalue weighted by Gasteiger charge is -2.32. The predicted octanol–water partition coefficient (Wildman–Crippen LogP) is 2.96. The molecule has 1 aliphatic rings. The quantitative estimate of drug-likeness (QED) is 0.933. The van der Waals surface area contributed by atoms with Crippen LogP contribution in [0.5, 0.6) is 0 Å². The van der Waals surface area contributed by atoms with Gasteiger partial charge < -0.3 is 10.6 Å². The van der Waals surface area contributed by atoms with E-state index in [1.807, 2.05) is 6.92 Å². The van der Waals surface area contributed by atoms with E-state index in [1.165, 1.54) is 6.07 Å². The molecule has 0 radical (unpaired) electrons. The Kier molecular flexibility index (Phi) is 4.56. The molecule has 0 bridgehead atoms. The summed E-state index contributed by atoms with van der Waals surface area (Å²) in [5, 5.41) is 0. The van der Waals surface area contributed by atoms with E-state index in [0.717, 1.165) is 25.0 Å². The summed E-state index contributed by atoms with van der Waals surface area (Å²) in [5.74, 6) is -0.00358. The number of amides is 1. The van der Waals surface area contributed by atoms with Crippen LogP contribution in [0.2, 0.25) is 0 Å². The lowest BCUT2D eigenvalue weighted by Crippen LogP contribution is -2.43. The number of rotatable bonds is 3. The number of carbonyl (C=O) groups is 1. The second kappa shape index (κ2) is 6.05. The van der Waals surface area contributed by atoms with Crippen molar-refractivity contribution in [2.45, 2.75) is 32.0 Å². The summed E-state index contributed by atoms with van der Waals surface area (Å²) < 4.78 is 38.1. The number of likely N-dealkylation sites (tertiary alicyclic amines) is 1. The molecule has 1 heterocycles. The molecule has 0 aliphatic carbocycles. The lowest BCUT2D eigenvalue weighted by molar-refractivity contribution is -0.139. The van der Waals surface area contributed by atoms with E-state index < -0.39 is 17.8 Å². The molecule has 2 N–H and O–H groups in total. The van der Waals surface area contributed by atoms with E-state index in [9.17, 15) is 18.0 Å². The van der Waals surface area contributed by atoms with Crippen LogP contribution in [-0.4, -0.2) is 23.9 Å². The first kappa shape index (κ1) is 15.8. The Bertz CT molecular complexity index is 516. The lowest BCUT2D eigenvalue weighted by atomic mass is 9.97. The third kappa shape index (κ3) is 3.75. The van der Waals surface area contributed by atoms with Gasteiger partial charge in [-0.15, -0.1) is 0 Å². The molecule has 2 unspecified atom stereocenters. The number of nitrogens with two attached hydrogens (primary N) is 1. The maximum Gasteiger partial charge on any atom is 0.416 e. The molecule has 1 amide bonds. The molecule has 0 aromatic heterocycles. The summed E-state index contributed by atoms with van der Waals surface area (Å²) in [6.07, 6.45) is -2.62. The van der Waals surface area contributed by atoms with Crippen molar-refractivity contribution >= 4 is 5.91 Å². The summed E-state index contributed by atoms with van der Waals surface area (Å²) in [6, 6.07) is 4.38. The Labute approximate surface area is 121 Å². The summed E-state index contributed by atoms with van der Waals surface area (Å²) >= 11 is 0. The number of halogens is 3. The molecule has 0 saturated carbocycles. The van der Waals surface area contributed by atoms with Crippen LogP contribution in [-0.2, 0) is 11.0 Å². The van der Waals surface area contributed by atoms with Gasteiger partial charge in [0.15, 0.2) is 0 Å². The molecular formula is C15H19F3N2O. The zero-order valence-electron chi connectivity index (χ0n) is 11.9. The van der Waals surface area contributed by atoms with Crippen molar-refractivity contribution in [3.63, 3.8) is 0 Å². The minimum Gasteiger partial charge on any atom is -0.341 e. The summed E-state index contributed by atoms with van der Waals surface area (Å²) in [4.78, 5) is 13.7. The zero-order valence-corrected chi connectivity index (χ0v) is 11.9. The highest BCUT2D eigenvalue weighted by Gasteiger charge is 2.31. The molecule has 1 fully saturated rings. The summed E-state index contributed by atoms with van der Waals surface area (Å²) in [7, 11) is 0. The molecule has 1 aliphatic heterocycles. The Morgan fingerprint density at radius 1 is 1.43 bits per heavy atom. The maximum absolute atomic E-state index is 12.7.